The zero-order chi connectivity index (χ0) is 12.9. The third-order valence-corrected chi connectivity index (χ3v) is 3.95. The van der Waals surface area contributed by atoms with Crippen molar-refractivity contribution in [2.75, 3.05) is 0 Å². The molecule has 0 aliphatic heterocycles. The zero-order valence-corrected chi connectivity index (χ0v) is 11.5. The van der Waals surface area contributed by atoms with E-state index in [1.54, 1.807) is 24.5 Å². The van der Waals surface area contributed by atoms with Crippen molar-refractivity contribution in [3.05, 3.63) is 45.7 Å². The molecule has 4 heteroatoms. The number of hydrogen-bond acceptors (Lipinski definition) is 2. The minimum Gasteiger partial charge on any atom is -0.256 e. The fourth-order valence-electron chi connectivity index (χ4n) is 2.28. The van der Waals surface area contributed by atoms with E-state index in [-0.39, 0.29) is 0 Å². The topological polar surface area (TPSA) is 25.8 Å². The number of hydrogen-bond donors (Lipinski definition) is 0. The minimum absolute atomic E-state index is 0.656. The number of nitrogens with zero attached hydrogens (tertiary/aromatic N) is 2. The summed E-state index contributed by atoms with van der Waals surface area (Å²) < 4.78 is 0. The van der Waals surface area contributed by atoms with Crippen LogP contribution in [0.1, 0.15) is 11.1 Å². The minimum atomic E-state index is 0.656. The molecule has 0 unspecified atom stereocenters. The standard InChI is InChI=1S/C14H10Cl2N2/c1-7-8(2)14-12(10(16)4-6-18-14)11-9(15)3-5-17-13(7)11/h3-6H,1-2H3. The molecule has 0 N–H and O–H groups in total. The summed E-state index contributed by atoms with van der Waals surface area (Å²) >= 11 is 12.6. The Morgan fingerprint density at radius 2 is 1.17 bits per heavy atom. The summed E-state index contributed by atoms with van der Waals surface area (Å²) in [7, 11) is 0. The predicted molar refractivity (Wildman–Crippen MR) is 76.5 cm³/mol. The molecule has 90 valence electrons. The Morgan fingerprint density at radius 3 is 1.56 bits per heavy atom. The number of fused-ring (bicyclic) bond motifs is 3. The van der Waals surface area contributed by atoms with Gasteiger partial charge in [-0.3, -0.25) is 9.97 Å². The van der Waals surface area contributed by atoms with Gasteiger partial charge in [0.05, 0.1) is 21.1 Å². The van der Waals surface area contributed by atoms with E-state index in [4.69, 9.17) is 23.2 Å². The summed E-state index contributed by atoms with van der Waals surface area (Å²) in [6, 6.07) is 3.56. The highest BCUT2D eigenvalue weighted by atomic mass is 35.5. The molecule has 18 heavy (non-hydrogen) atoms. The van der Waals surface area contributed by atoms with Crippen molar-refractivity contribution >= 4 is 45.0 Å². The number of aryl methyl sites for hydroxylation is 2. The van der Waals surface area contributed by atoms with Crippen LogP contribution in [-0.2, 0) is 0 Å². The Balaban J connectivity index is 2.75. The quantitative estimate of drug-likeness (QED) is 0.556. The first kappa shape index (κ1) is 11.7. The molecular formula is C14H10Cl2N2. The fourth-order valence-corrected chi connectivity index (χ4v) is 2.76. The monoisotopic (exact) mass is 276 g/mol. The van der Waals surface area contributed by atoms with Crippen LogP contribution in [0, 0.1) is 13.8 Å². The smallest absolute Gasteiger partial charge is 0.0756 e. The molecule has 0 bridgehead atoms. The second kappa shape index (κ2) is 4.08. The van der Waals surface area contributed by atoms with E-state index in [1.165, 1.54) is 0 Å². The maximum Gasteiger partial charge on any atom is 0.0756 e. The summed E-state index contributed by atoms with van der Waals surface area (Å²) in [4.78, 5) is 8.85. The van der Waals surface area contributed by atoms with E-state index < -0.39 is 0 Å². The molecular weight excluding hydrogens is 267 g/mol. The third-order valence-electron chi connectivity index (χ3n) is 3.32. The van der Waals surface area contributed by atoms with Gasteiger partial charge in [-0.1, -0.05) is 23.2 Å². The van der Waals surface area contributed by atoms with Gasteiger partial charge >= 0.3 is 0 Å². The van der Waals surface area contributed by atoms with Crippen LogP contribution in [0.15, 0.2) is 24.5 Å². The van der Waals surface area contributed by atoms with Gasteiger partial charge in [0, 0.05) is 23.2 Å². The van der Waals surface area contributed by atoms with E-state index in [1.807, 2.05) is 13.8 Å². The normalized spacial score (nSPS) is 11.3. The van der Waals surface area contributed by atoms with Crippen molar-refractivity contribution in [3.63, 3.8) is 0 Å². The van der Waals surface area contributed by atoms with Crippen molar-refractivity contribution in [2.24, 2.45) is 0 Å². The first-order chi connectivity index (χ1) is 8.61. The Kier molecular flexibility index (Phi) is 2.65. The molecule has 0 aliphatic carbocycles. The van der Waals surface area contributed by atoms with Crippen LogP contribution >= 0.6 is 23.2 Å². The molecule has 0 spiro atoms. The lowest BCUT2D eigenvalue weighted by Gasteiger charge is -2.12. The Bertz CT molecular complexity index is 715. The number of benzene rings is 1. The lowest BCUT2D eigenvalue weighted by Crippen LogP contribution is -1.93. The summed E-state index contributed by atoms with van der Waals surface area (Å²) in [6.07, 6.45) is 3.43. The average molecular weight is 277 g/mol. The van der Waals surface area contributed by atoms with Gasteiger partial charge in [-0.2, -0.15) is 0 Å². The molecule has 1 aromatic carbocycles. The van der Waals surface area contributed by atoms with Gasteiger partial charge in [0.25, 0.3) is 0 Å². The van der Waals surface area contributed by atoms with Crippen molar-refractivity contribution in [3.8, 4) is 0 Å². The lowest BCUT2D eigenvalue weighted by molar-refractivity contribution is 1.30. The van der Waals surface area contributed by atoms with E-state index in [2.05, 4.69) is 9.97 Å². The Labute approximate surface area is 115 Å². The van der Waals surface area contributed by atoms with Crippen LogP contribution in [-0.4, -0.2) is 9.97 Å². The molecule has 0 aliphatic rings. The predicted octanol–water partition coefficient (Wildman–Crippen LogP) is 4.71. The molecule has 2 aromatic heterocycles. The van der Waals surface area contributed by atoms with Gasteiger partial charge in [0.2, 0.25) is 0 Å². The molecule has 3 aromatic rings. The van der Waals surface area contributed by atoms with Gasteiger partial charge < -0.3 is 0 Å². The van der Waals surface area contributed by atoms with Gasteiger partial charge in [-0.15, -0.1) is 0 Å². The summed E-state index contributed by atoms with van der Waals surface area (Å²) in [5.74, 6) is 0. The fraction of sp³-hybridized carbons (Fsp3) is 0.143. The van der Waals surface area contributed by atoms with Crippen molar-refractivity contribution in [2.45, 2.75) is 13.8 Å². The van der Waals surface area contributed by atoms with Gasteiger partial charge in [0.15, 0.2) is 0 Å². The second-order valence-corrected chi connectivity index (χ2v) is 5.10. The van der Waals surface area contributed by atoms with E-state index in [0.29, 0.717) is 10.0 Å². The molecule has 0 radical (unpaired) electrons. The zero-order valence-electron chi connectivity index (χ0n) is 9.96. The second-order valence-electron chi connectivity index (χ2n) is 4.28. The van der Waals surface area contributed by atoms with Gasteiger partial charge in [-0.05, 0) is 37.1 Å². The van der Waals surface area contributed by atoms with E-state index >= 15 is 0 Å². The highest BCUT2D eigenvalue weighted by Crippen LogP contribution is 2.37. The van der Waals surface area contributed by atoms with Crippen molar-refractivity contribution < 1.29 is 0 Å². The first-order valence-electron chi connectivity index (χ1n) is 5.59. The highest BCUT2D eigenvalue weighted by molar-refractivity contribution is 6.42. The van der Waals surface area contributed by atoms with Gasteiger partial charge in [-0.25, -0.2) is 0 Å². The van der Waals surface area contributed by atoms with Gasteiger partial charge in [0.1, 0.15) is 0 Å². The Hall–Kier alpha value is -1.38. The van der Waals surface area contributed by atoms with Crippen LogP contribution in [0.4, 0.5) is 0 Å². The highest BCUT2D eigenvalue weighted by Gasteiger charge is 2.14. The third kappa shape index (κ3) is 1.49. The van der Waals surface area contributed by atoms with E-state index in [0.717, 1.165) is 32.9 Å². The molecule has 2 heterocycles. The maximum absolute atomic E-state index is 6.31. The molecule has 0 atom stereocenters. The van der Waals surface area contributed by atoms with Crippen LogP contribution in [0.3, 0.4) is 0 Å². The molecule has 2 nitrogen and oxygen atoms in total. The van der Waals surface area contributed by atoms with Crippen LogP contribution in [0.2, 0.25) is 10.0 Å². The summed E-state index contributed by atoms with van der Waals surface area (Å²) in [5, 5.41) is 3.08. The van der Waals surface area contributed by atoms with Crippen LogP contribution < -0.4 is 0 Å². The molecule has 0 fully saturated rings. The lowest BCUT2D eigenvalue weighted by atomic mass is 9.99. The largest absolute Gasteiger partial charge is 0.256 e. The van der Waals surface area contributed by atoms with E-state index in [9.17, 15) is 0 Å². The van der Waals surface area contributed by atoms with Crippen molar-refractivity contribution in [1.29, 1.82) is 0 Å². The number of rotatable bonds is 0. The maximum atomic E-state index is 6.31. The molecule has 0 saturated carbocycles. The molecule has 0 amide bonds. The molecule has 3 rings (SSSR count). The average Bonchev–Trinajstić information content (AvgIpc) is 2.36. The number of pyridine rings is 2. The summed E-state index contributed by atoms with van der Waals surface area (Å²) in [6.45, 7) is 4.06. The van der Waals surface area contributed by atoms with Crippen LogP contribution in [0.5, 0.6) is 0 Å². The number of aromatic nitrogens is 2. The first-order valence-corrected chi connectivity index (χ1v) is 6.34. The van der Waals surface area contributed by atoms with Crippen LogP contribution in [0.25, 0.3) is 21.8 Å². The van der Waals surface area contributed by atoms with Crippen molar-refractivity contribution in [1.82, 2.24) is 9.97 Å². The SMILES string of the molecule is Cc1c(C)c2nccc(Cl)c2c2c(Cl)ccnc12. The number of halogens is 2. The Morgan fingerprint density at radius 1 is 0.778 bits per heavy atom. The summed E-state index contributed by atoms with van der Waals surface area (Å²) in [5.41, 5.74) is 3.97. The molecule has 0 saturated heterocycles.